The van der Waals surface area contributed by atoms with E-state index in [-0.39, 0.29) is 18.0 Å². The van der Waals surface area contributed by atoms with E-state index >= 15 is 0 Å². The summed E-state index contributed by atoms with van der Waals surface area (Å²) in [6.45, 7) is 6.98. The number of methoxy groups -OCH3 is 1. The summed E-state index contributed by atoms with van der Waals surface area (Å²) in [6.07, 6.45) is 1.92. The van der Waals surface area contributed by atoms with E-state index in [4.69, 9.17) is 4.74 Å². The van der Waals surface area contributed by atoms with Gasteiger partial charge in [-0.3, -0.25) is 0 Å². The minimum absolute atomic E-state index is 0.0137. The van der Waals surface area contributed by atoms with Crippen LogP contribution in [0.3, 0.4) is 0 Å². The molecule has 0 bridgehead atoms. The molecule has 1 aromatic carbocycles. The normalized spacial score (nSPS) is 14.5. The molecular formula is C15H24FNO. The van der Waals surface area contributed by atoms with Crippen molar-refractivity contribution in [2.75, 3.05) is 13.7 Å². The minimum atomic E-state index is -0.141. The summed E-state index contributed by atoms with van der Waals surface area (Å²) < 4.78 is 19.2. The molecule has 3 heteroatoms. The zero-order chi connectivity index (χ0) is 13.5. The first-order chi connectivity index (χ1) is 8.58. The molecule has 0 saturated carbocycles. The van der Waals surface area contributed by atoms with Gasteiger partial charge in [0.05, 0.1) is 6.10 Å². The summed E-state index contributed by atoms with van der Waals surface area (Å²) in [6, 6.07) is 5.28. The first-order valence-electron chi connectivity index (χ1n) is 6.60. The van der Waals surface area contributed by atoms with Crippen LogP contribution in [0.5, 0.6) is 0 Å². The van der Waals surface area contributed by atoms with Gasteiger partial charge in [-0.1, -0.05) is 24.6 Å². The lowest BCUT2D eigenvalue weighted by Crippen LogP contribution is -2.27. The van der Waals surface area contributed by atoms with Gasteiger partial charge in [0.2, 0.25) is 0 Å². The van der Waals surface area contributed by atoms with Gasteiger partial charge in [-0.15, -0.1) is 0 Å². The Morgan fingerprint density at radius 3 is 2.72 bits per heavy atom. The van der Waals surface area contributed by atoms with Crippen LogP contribution < -0.4 is 5.32 Å². The standard InChI is InChI=1S/C15H24FNO/c1-5-8-17-15(10-12(3)18-4)13-9-11(2)6-7-14(13)16/h6-7,9,12,15,17H,5,8,10H2,1-4H3. The van der Waals surface area contributed by atoms with E-state index in [0.717, 1.165) is 30.5 Å². The number of benzene rings is 1. The average Bonchev–Trinajstić information content (AvgIpc) is 2.37. The third-order valence-corrected chi connectivity index (χ3v) is 3.14. The number of rotatable bonds is 7. The predicted octanol–water partition coefficient (Wildman–Crippen LogP) is 3.60. The van der Waals surface area contributed by atoms with Crippen molar-refractivity contribution in [3.63, 3.8) is 0 Å². The van der Waals surface area contributed by atoms with Crippen molar-refractivity contribution in [2.24, 2.45) is 0 Å². The molecule has 0 aliphatic carbocycles. The fourth-order valence-electron chi connectivity index (χ4n) is 2.00. The molecular weight excluding hydrogens is 229 g/mol. The number of hydrogen-bond donors (Lipinski definition) is 1. The van der Waals surface area contributed by atoms with Gasteiger partial charge in [0.25, 0.3) is 0 Å². The van der Waals surface area contributed by atoms with Crippen LogP contribution in [0.1, 0.15) is 43.9 Å². The fraction of sp³-hybridized carbons (Fsp3) is 0.600. The number of nitrogens with one attached hydrogen (secondary N) is 1. The van der Waals surface area contributed by atoms with E-state index in [9.17, 15) is 4.39 Å². The number of ether oxygens (including phenoxy) is 1. The Morgan fingerprint density at radius 1 is 1.39 bits per heavy atom. The van der Waals surface area contributed by atoms with Crippen LogP contribution in [-0.2, 0) is 4.74 Å². The molecule has 1 rings (SSSR count). The van der Waals surface area contributed by atoms with Gasteiger partial charge in [0.1, 0.15) is 5.82 Å². The molecule has 0 saturated heterocycles. The number of hydrogen-bond acceptors (Lipinski definition) is 2. The smallest absolute Gasteiger partial charge is 0.127 e. The highest BCUT2D eigenvalue weighted by atomic mass is 19.1. The Kier molecular flexibility index (Phi) is 6.30. The lowest BCUT2D eigenvalue weighted by Gasteiger charge is -2.23. The maximum absolute atomic E-state index is 13.9. The molecule has 0 fully saturated rings. The van der Waals surface area contributed by atoms with Gasteiger partial charge in [-0.05, 0) is 39.3 Å². The average molecular weight is 253 g/mol. The second-order valence-electron chi connectivity index (χ2n) is 4.81. The summed E-state index contributed by atoms with van der Waals surface area (Å²) in [5.74, 6) is -0.141. The molecule has 0 aromatic heterocycles. The third-order valence-electron chi connectivity index (χ3n) is 3.14. The summed E-state index contributed by atoms with van der Waals surface area (Å²) in [4.78, 5) is 0. The van der Waals surface area contributed by atoms with Crippen molar-refractivity contribution in [3.8, 4) is 0 Å². The largest absolute Gasteiger partial charge is 0.382 e. The van der Waals surface area contributed by atoms with Gasteiger partial charge in [-0.2, -0.15) is 0 Å². The van der Waals surface area contributed by atoms with Crippen LogP contribution in [0.4, 0.5) is 4.39 Å². The molecule has 2 unspecified atom stereocenters. The Hall–Kier alpha value is -0.930. The SMILES string of the molecule is CCCNC(CC(C)OC)c1cc(C)ccc1F. The molecule has 1 aromatic rings. The van der Waals surface area contributed by atoms with Gasteiger partial charge in [-0.25, -0.2) is 4.39 Å². The quantitative estimate of drug-likeness (QED) is 0.801. The molecule has 2 nitrogen and oxygen atoms in total. The Labute approximate surface area is 110 Å². The minimum Gasteiger partial charge on any atom is -0.382 e. The summed E-state index contributed by atoms with van der Waals surface area (Å²) >= 11 is 0. The van der Waals surface area contributed by atoms with Crippen molar-refractivity contribution in [1.29, 1.82) is 0 Å². The maximum atomic E-state index is 13.9. The summed E-state index contributed by atoms with van der Waals surface area (Å²) in [7, 11) is 1.69. The van der Waals surface area contributed by atoms with Crippen LogP contribution in [0.2, 0.25) is 0 Å². The topological polar surface area (TPSA) is 21.3 Å². The molecule has 102 valence electrons. The van der Waals surface area contributed by atoms with E-state index in [1.54, 1.807) is 19.2 Å². The number of halogens is 1. The maximum Gasteiger partial charge on any atom is 0.127 e. The molecule has 0 spiro atoms. The summed E-state index contributed by atoms with van der Waals surface area (Å²) in [5, 5.41) is 3.40. The second kappa shape index (κ2) is 7.49. The zero-order valence-corrected chi connectivity index (χ0v) is 11.8. The van der Waals surface area contributed by atoms with Crippen LogP contribution in [0, 0.1) is 12.7 Å². The van der Waals surface area contributed by atoms with Gasteiger partial charge < -0.3 is 10.1 Å². The van der Waals surface area contributed by atoms with E-state index in [1.807, 2.05) is 19.9 Å². The monoisotopic (exact) mass is 253 g/mol. The lowest BCUT2D eigenvalue weighted by atomic mass is 9.98. The van der Waals surface area contributed by atoms with Gasteiger partial charge in [0, 0.05) is 18.7 Å². The Bertz CT molecular complexity index is 368. The first kappa shape index (κ1) is 15.1. The van der Waals surface area contributed by atoms with Crippen molar-refractivity contribution in [2.45, 2.75) is 45.8 Å². The summed E-state index contributed by atoms with van der Waals surface area (Å²) in [5.41, 5.74) is 1.83. The highest BCUT2D eigenvalue weighted by molar-refractivity contribution is 5.27. The molecule has 0 radical (unpaired) electrons. The van der Waals surface area contributed by atoms with Crippen LogP contribution >= 0.6 is 0 Å². The lowest BCUT2D eigenvalue weighted by molar-refractivity contribution is 0.0999. The third kappa shape index (κ3) is 4.39. The Balaban J connectivity index is 2.89. The van der Waals surface area contributed by atoms with Crippen LogP contribution in [0.15, 0.2) is 18.2 Å². The number of aryl methyl sites for hydroxylation is 1. The molecule has 0 aliphatic heterocycles. The fourth-order valence-corrected chi connectivity index (χ4v) is 2.00. The first-order valence-corrected chi connectivity index (χ1v) is 6.60. The molecule has 0 amide bonds. The zero-order valence-electron chi connectivity index (χ0n) is 11.8. The van der Waals surface area contributed by atoms with Crippen molar-refractivity contribution in [1.82, 2.24) is 5.32 Å². The highest BCUT2D eigenvalue weighted by Crippen LogP contribution is 2.23. The van der Waals surface area contributed by atoms with Gasteiger partial charge in [0.15, 0.2) is 0 Å². The second-order valence-corrected chi connectivity index (χ2v) is 4.81. The molecule has 0 heterocycles. The van der Waals surface area contributed by atoms with Gasteiger partial charge >= 0.3 is 0 Å². The van der Waals surface area contributed by atoms with Crippen LogP contribution in [0.25, 0.3) is 0 Å². The molecule has 2 atom stereocenters. The van der Waals surface area contributed by atoms with E-state index < -0.39 is 0 Å². The van der Waals surface area contributed by atoms with E-state index in [0.29, 0.717) is 0 Å². The van der Waals surface area contributed by atoms with Crippen molar-refractivity contribution < 1.29 is 9.13 Å². The molecule has 1 N–H and O–H groups in total. The van der Waals surface area contributed by atoms with Crippen molar-refractivity contribution in [3.05, 3.63) is 35.1 Å². The van der Waals surface area contributed by atoms with Crippen LogP contribution in [-0.4, -0.2) is 19.8 Å². The van der Waals surface area contributed by atoms with Crippen molar-refractivity contribution >= 4 is 0 Å². The molecule has 0 aliphatic rings. The highest BCUT2D eigenvalue weighted by Gasteiger charge is 2.18. The van der Waals surface area contributed by atoms with E-state index in [2.05, 4.69) is 12.2 Å². The van der Waals surface area contributed by atoms with E-state index in [1.165, 1.54) is 0 Å². The molecule has 18 heavy (non-hydrogen) atoms. The Morgan fingerprint density at radius 2 is 2.11 bits per heavy atom. The predicted molar refractivity (Wildman–Crippen MR) is 73.3 cm³/mol.